The third-order valence-corrected chi connectivity index (χ3v) is 3.47. The van der Waals surface area contributed by atoms with Crippen molar-refractivity contribution in [3.63, 3.8) is 0 Å². The van der Waals surface area contributed by atoms with Crippen molar-refractivity contribution in [3.8, 4) is 0 Å². The standard InChI is InChI=1S/C18H16FNO5/c1-4-6-14-13(5-2)16(21)20(17(14)22)25-10-12-9-11(18(23)24-3)7-8-15(12)19/h4-9H,2,10H2,1,3H3/b6-4-. The number of amides is 2. The Labute approximate surface area is 143 Å². The van der Waals surface area contributed by atoms with Gasteiger partial charge in [-0.15, -0.1) is 5.06 Å². The van der Waals surface area contributed by atoms with E-state index >= 15 is 0 Å². The molecule has 0 unspecified atom stereocenters. The van der Waals surface area contributed by atoms with Crippen LogP contribution in [0.2, 0.25) is 0 Å². The quantitative estimate of drug-likeness (QED) is 0.585. The highest BCUT2D eigenvalue weighted by Gasteiger charge is 2.37. The summed E-state index contributed by atoms with van der Waals surface area (Å²) in [5.41, 5.74) is 0.377. The Morgan fingerprint density at radius 1 is 1.28 bits per heavy atom. The Bertz CT molecular complexity index is 810. The topological polar surface area (TPSA) is 72.9 Å². The normalized spacial score (nSPS) is 14.6. The number of imide groups is 1. The number of nitrogens with zero attached hydrogens (tertiary/aromatic N) is 1. The highest BCUT2D eigenvalue weighted by molar-refractivity contribution is 6.21. The Balaban J connectivity index is 2.20. The van der Waals surface area contributed by atoms with Gasteiger partial charge in [0.15, 0.2) is 0 Å². The molecule has 1 aromatic rings. The number of esters is 1. The van der Waals surface area contributed by atoms with Crippen molar-refractivity contribution < 1.29 is 28.3 Å². The number of hydrogen-bond acceptors (Lipinski definition) is 5. The third kappa shape index (κ3) is 3.56. The van der Waals surface area contributed by atoms with Crippen LogP contribution in [0.4, 0.5) is 4.39 Å². The highest BCUT2D eigenvalue weighted by Crippen LogP contribution is 2.24. The summed E-state index contributed by atoms with van der Waals surface area (Å²) in [6.07, 6.45) is 4.34. The minimum absolute atomic E-state index is 0.00290. The second-order valence-corrected chi connectivity index (χ2v) is 5.01. The second-order valence-electron chi connectivity index (χ2n) is 5.01. The summed E-state index contributed by atoms with van der Waals surface area (Å²) >= 11 is 0. The number of hydrogen-bond donors (Lipinski definition) is 0. The number of carbonyl (C=O) groups excluding carboxylic acids is 3. The fourth-order valence-corrected chi connectivity index (χ4v) is 2.25. The first-order valence-corrected chi connectivity index (χ1v) is 7.32. The minimum atomic E-state index is -0.683. The van der Waals surface area contributed by atoms with E-state index in [9.17, 15) is 18.8 Å². The molecule has 0 saturated carbocycles. The summed E-state index contributed by atoms with van der Waals surface area (Å²) in [5, 5.41) is 0.552. The van der Waals surface area contributed by atoms with Crippen LogP contribution >= 0.6 is 0 Å². The molecule has 0 N–H and O–H groups in total. The fraction of sp³-hybridized carbons (Fsp3) is 0.167. The van der Waals surface area contributed by atoms with Crippen molar-refractivity contribution >= 4 is 17.8 Å². The number of methoxy groups -OCH3 is 1. The predicted octanol–water partition coefficient (Wildman–Crippen LogP) is 2.47. The molecule has 1 aliphatic rings. The summed E-state index contributed by atoms with van der Waals surface area (Å²) in [6.45, 7) is 4.79. The molecule has 0 saturated heterocycles. The van der Waals surface area contributed by atoms with E-state index in [1.54, 1.807) is 13.0 Å². The van der Waals surface area contributed by atoms with Crippen LogP contribution in [0.5, 0.6) is 0 Å². The van der Waals surface area contributed by atoms with Crippen LogP contribution in [0.1, 0.15) is 22.8 Å². The number of benzene rings is 1. The van der Waals surface area contributed by atoms with Gasteiger partial charge in [0.2, 0.25) is 0 Å². The van der Waals surface area contributed by atoms with Crippen molar-refractivity contribution in [2.75, 3.05) is 7.11 Å². The monoisotopic (exact) mass is 345 g/mol. The minimum Gasteiger partial charge on any atom is -0.465 e. The Hall–Kier alpha value is -3.06. The van der Waals surface area contributed by atoms with E-state index in [-0.39, 0.29) is 22.3 Å². The lowest BCUT2D eigenvalue weighted by molar-refractivity contribution is -0.190. The van der Waals surface area contributed by atoms with Crippen molar-refractivity contribution in [2.45, 2.75) is 13.5 Å². The number of ether oxygens (including phenoxy) is 1. The van der Waals surface area contributed by atoms with E-state index in [0.717, 1.165) is 6.07 Å². The molecule has 0 radical (unpaired) electrons. The summed E-state index contributed by atoms with van der Waals surface area (Å²) in [7, 11) is 1.20. The average molecular weight is 345 g/mol. The van der Waals surface area contributed by atoms with E-state index < -0.39 is 30.2 Å². The largest absolute Gasteiger partial charge is 0.465 e. The van der Waals surface area contributed by atoms with Gasteiger partial charge in [-0.3, -0.25) is 14.4 Å². The molecular weight excluding hydrogens is 329 g/mol. The van der Waals surface area contributed by atoms with Gasteiger partial charge in [-0.25, -0.2) is 9.18 Å². The van der Waals surface area contributed by atoms with Crippen LogP contribution in [0, 0.1) is 5.82 Å². The molecule has 0 bridgehead atoms. The second kappa shape index (κ2) is 7.67. The van der Waals surface area contributed by atoms with Crippen LogP contribution in [0.15, 0.2) is 54.2 Å². The van der Waals surface area contributed by atoms with Crippen LogP contribution in [0.25, 0.3) is 0 Å². The average Bonchev–Trinajstić information content (AvgIpc) is 2.83. The lowest BCUT2D eigenvalue weighted by atomic mass is 10.1. The molecule has 0 spiro atoms. The first kappa shape index (κ1) is 18.3. The van der Waals surface area contributed by atoms with Gasteiger partial charge < -0.3 is 4.74 Å². The van der Waals surface area contributed by atoms with Crippen LogP contribution < -0.4 is 0 Å². The van der Waals surface area contributed by atoms with E-state index in [4.69, 9.17) is 4.84 Å². The maximum atomic E-state index is 13.9. The molecule has 7 heteroatoms. The van der Waals surface area contributed by atoms with Crippen molar-refractivity contribution in [3.05, 3.63) is 71.1 Å². The molecule has 1 heterocycles. The molecule has 0 fully saturated rings. The molecule has 1 aromatic carbocycles. The SMILES string of the molecule is C=CC1=C(/C=C\C)C(=O)N(OCc2cc(C(=O)OC)ccc2F)C1=O. The molecule has 0 atom stereocenters. The summed E-state index contributed by atoms with van der Waals surface area (Å²) < 4.78 is 18.5. The first-order valence-electron chi connectivity index (χ1n) is 7.32. The smallest absolute Gasteiger partial charge is 0.337 e. The molecule has 6 nitrogen and oxygen atoms in total. The zero-order valence-corrected chi connectivity index (χ0v) is 13.7. The molecule has 1 aliphatic heterocycles. The number of rotatable bonds is 6. The highest BCUT2D eigenvalue weighted by atomic mass is 19.1. The summed E-state index contributed by atoms with van der Waals surface area (Å²) in [6, 6.07) is 3.58. The van der Waals surface area contributed by atoms with E-state index in [1.165, 1.54) is 31.4 Å². The van der Waals surface area contributed by atoms with Gasteiger partial charge in [0.1, 0.15) is 12.4 Å². The zero-order valence-electron chi connectivity index (χ0n) is 13.7. The lowest BCUT2D eigenvalue weighted by Crippen LogP contribution is -2.31. The van der Waals surface area contributed by atoms with Crippen molar-refractivity contribution in [2.24, 2.45) is 0 Å². The molecule has 2 rings (SSSR count). The van der Waals surface area contributed by atoms with Gasteiger partial charge in [-0.05, 0) is 25.1 Å². The Kier molecular flexibility index (Phi) is 5.61. The van der Waals surface area contributed by atoms with Gasteiger partial charge in [-0.2, -0.15) is 0 Å². The number of hydroxylamine groups is 2. The maximum absolute atomic E-state index is 13.9. The van der Waals surface area contributed by atoms with Crippen LogP contribution in [-0.4, -0.2) is 30.0 Å². The molecule has 130 valence electrons. The third-order valence-electron chi connectivity index (χ3n) is 3.47. The Morgan fingerprint density at radius 2 is 1.96 bits per heavy atom. The predicted molar refractivity (Wildman–Crippen MR) is 86.4 cm³/mol. The number of carbonyl (C=O) groups is 3. The molecular formula is C18H16FNO5. The molecule has 0 aliphatic carbocycles. The van der Waals surface area contributed by atoms with E-state index in [1.807, 2.05) is 0 Å². The fourth-order valence-electron chi connectivity index (χ4n) is 2.25. The van der Waals surface area contributed by atoms with E-state index in [0.29, 0.717) is 5.06 Å². The lowest BCUT2D eigenvalue weighted by Gasteiger charge is -2.15. The summed E-state index contributed by atoms with van der Waals surface area (Å²) in [5.74, 6) is -2.63. The molecule has 0 aromatic heterocycles. The van der Waals surface area contributed by atoms with Gasteiger partial charge in [-0.1, -0.05) is 24.8 Å². The maximum Gasteiger partial charge on any atom is 0.337 e. The van der Waals surface area contributed by atoms with E-state index in [2.05, 4.69) is 11.3 Å². The number of allylic oxidation sites excluding steroid dienone is 1. The van der Waals surface area contributed by atoms with Gasteiger partial charge in [0, 0.05) is 5.56 Å². The van der Waals surface area contributed by atoms with Crippen LogP contribution in [0.3, 0.4) is 0 Å². The van der Waals surface area contributed by atoms with Crippen molar-refractivity contribution in [1.82, 2.24) is 5.06 Å². The van der Waals surface area contributed by atoms with Gasteiger partial charge >= 0.3 is 5.97 Å². The van der Waals surface area contributed by atoms with Gasteiger partial charge in [0.25, 0.3) is 11.8 Å². The summed E-state index contributed by atoms with van der Waals surface area (Å²) in [4.78, 5) is 41.2. The number of halogens is 1. The molecule has 25 heavy (non-hydrogen) atoms. The molecule has 2 amide bonds. The van der Waals surface area contributed by atoms with Gasteiger partial charge in [0.05, 0.1) is 23.8 Å². The Morgan fingerprint density at radius 3 is 2.56 bits per heavy atom. The van der Waals surface area contributed by atoms with Crippen molar-refractivity contribution in [1.29, 1.82) is 0 Å². The first-order chi connectivity index (χ1) is 11.9. The van der Waals surface area contributed by atoms with Crippen LogP contribution in [-0.2, 0) is 25.8 Å². The zero-order chi connectivity index (χ0) is 18.6.